The normalized spacial score (nSPS) is 22.5. The molecule has 5 nitrogen and oxygen atoms in total. The first-order valence-electron chi connectivity index (χ1n) is 5.66. The van der Waals surface area contributed by atoms with E-state index in [9.17, 15) is 14.3 Å². The SMILES string of the molecule is COc1c(C2CC(C(=O)O)CN2)cc(Cl)c(O)c1F. The number of rotatable bonds is 3. The van der Waals surface area contributed by atoms with Crippen LogP contribution in [0.1, 0.15) is 18.0 Å². The fourth-order valence-electron chi connectivity index (χ4n) is 2.24. The second-order valence-electron chi connectivity index (χ2n) is 4.38. The number of carboxylic acids is 1. The van der Waals surface area contributed by atoms with Gasteiger partial charge in [-0.2, -0.15) is 4.39 Å². The monoisotopic (exact) mass is 289 g/mol. The molecule has 1 aromatic carbocycles. The van der Waals surface area contributed by atoms with Gasteiger partial charge in [-0.15, -0.1) is 0 Å². The lowest BCUT2D eigenvalue weighted by Crippen LogP contribution is -2.17. The molecule has 0 spiro atoms. The van der Waals surface area contributed by atoms with Crippen LogP contribution in [0, 0.1) is 11.7 Å². The van der Waals surface area contributed by atoms with Crippen molar-refractivity contribution in [2.24, 2.45) is 5.92 Å². The standard InChI is InChI=1S/C12H13ClFNO4/c1-19-11-6(3-7(13)10(16)9(11)14)8-2-5(4-15-8)12(17)18/h3,5,8,15-16H,2,4H2,1H3,(H,17,18). The van der Waals surface area contributed by atoms with Crippen LogP contribution in [0.5, 0.6) is 11.5 Å². The Hall–Kier alpha value is -1.53. The predicted molar refractivity (Wildman–Crippen MR) is 66.1 cm³/mol. The van der Waals surface area contributed by atoms with Crippen LogP contribution >= 0.6 is 11.6 Å². The van der Waals surface area contributed by atoms with Crippen LogP contribution < -0.4 is 10.1 Å². The molecule has 0 amide bonds. The number of phenols is 1. The Kier molecular flexibility index (Phi) is 3.82. The number of carboxylic acid groups (broad SMARTS) is 1. The summed E-state index contributed by atoms with van der Waals surface area (Å²) in [4.78, 5) is 10.9. The van der Waals surface area contributed by atoms with E-state index >= 15 is 0 Å². The number of aliphatic carboxylic acids is 1. The molecule has 0 bridgehead atoms. The highest BCUT2D eigenvalue weighted by Gasteiger charge is 2.33. The van der Waals surface area contributed by atoms with Crippen molar-refractivity contribution in [2.45, 2.75) is 12.5 Å². The molecular formula is C12H13ClFNO4. The zero-order chi connectivity index (χ0) is 14.2. The first-order chi connectivity index (χ1) is 8.95. The molecule has 2 unspecified atom stereocenters. The van der Waals surface area contributed by atoms with Gasteiger partial charge in [0.25, 0.3) is 0 Å². The van der Waals surface area contributed by atoms with Crippen molar-refractivity contribution in [3.63, 3.8) is 0 Å². The summed E-state index contributed by atoms with van der Waals surface area (Å²) in [6, 6.07) is 1.02. The Morgan fingerprint density at radius 1 is 1.63 bits per heavy atom. The highest BCUT2D eigenvalue weighted by Crippen LogP contribution is 2.41. The number of aromatic hydroxyl groups is 1. The first-order valence-corrected chi connectivity index (χ1v) is 6.04. The fraction of sp³-hybridized carbons (Fsp3) is 0.417. The van der Waals surface area contributed by atoms with Crippen LogP contribution in [0.2, 0.25) is 5.02 Å². The highest BCUT2D eigenvalue weighted by atomic mass is 35.5. The summed E-state index contributed by atoms with van der Waals surface area (Å²) in [5, 5.41) is 21.2. The maximum atomic E-state index is 13.8. The van der Waals surface area contributed by atoms with Crippen LogP contribution in [0.15, 0.2) is 6.07 Å². The van der Waals surface area contributed by atoms with Gasteiger partial charge in [-0.1, -0.05) is 11.6 Å². The van der Waals surface area contributed by atoms with Gasteiger partial charge < -0.3 is 20.3 Å². The average molecular weight is 290 g/mol. The molecule has 1 saturated heterocycles. The Balaban J connectivity index is 2.38. The summed E-state index contributed by atoms with van der Waals surface area (Å²) >= 11 is 5.74. The topological polar surface area (TPSA) is 78.8 Å². The molecule has 1 fully saturated rings. The molecule has 2 atom stereocenters. The van der Waals surface area contributed by atoms with E-state index in [2.05, 4.69) is 5.32 Å². The number of hydrogen-bond acceptors (Lipinski definition) is 4. The molecule has 1 heterocycles. The van der Waals surface area contributed by atoms with Crippen molar-refractivity contribution >= 4 is 17.6 Å². The molecule has 19 heavy (non-hydrogen) atoms. The smallest absolute Gasteiger partial charge is 0.307 e. The largest absolute Gasteiger partial charge is 0.504 e. The molecule has 1 aliphatic heterocycles. The van der Waals surface area contributed by atoms with Gasteiger partial charge in [0.2, 0.25) is 5.82 Å². The number of carbonyl (C=O) groups is 1. The Morgan fingerprint density at radius 2 is 2.32 bits per heavy atom. The summed E-state index contributed by atoms with van der Waals surface area (Å²) in [7, 11) is 1.28. The summed E-state index contributed by atoms with van der Waals surface area (Å²) in [6.45, 7) is 0.295. The van der Waals surface area contributed by atoms with Crippen molar-refractivity contribution in [2.75, 3.05) is 13.7 Å². The van der Waals surface area contributed by atoms with Gasteiger partial charge in [0.05, 0.1) is 18.1 Å². The van der Waals surface area contributed by atoms with E-state index in [1.807, 2.05) is 0 Å². The minimum Gasteiger partial charge on any atom is -0.504 e. The van der Waals surface area contributed by atoms with Crippen LogP contribution in [0.4, 0.5) is 4.39 Å². The molecule has 1 aromatic rings. The van der Waals surface area contributed by atoms with Gasteiger partial charge in [-0.05, 0) is 12.5 Å². The zero-order valence-electron chi connectivity index (χ0n) is 10.1. The lowest BCUT2D eigenvalue weighted by molar-refractivity contribution is -0.141. The van der Waals surface area contributed by atoms with Gasteiger partial charge in [-0.3, -0.25) is 4.79 Å². The minimum absolute atomic E-state index is 0.120. The van der Waals surface area contributed by atoms with Gasteiger partial charge >= 0.3 is 5.97 Å². The number of halogens is 2. The van der Waals surface area contributed by atoms with Crippen molar-refractivity contribution < 1.29 is 24.1 Å². The van der Waals surface area contributed by atoms with Crippen molar-refractivity contribution in [1.29, 1.82) is 0 Å². The average Bonchev–Trinajstić information content (AvgIpc) is 2.85. The van der Waals surface area contributed by atoms with Crippen LogP contribution in [-0.4, -0.2) is 29.8 Å². The lowest BCUT2D eigenvalue weighted by atomic mass is 9.99. The number of ether oxygens (including phenoxy) is 1. The van der Waals surface area contributed by atoms with Crippen molar-refractivity contribution in [3.05, 3.63) is 22.5 Å². The molecule has 2 rings (SSSR count). The van der Waals surface area contributed by atoms with Crippen LogP contribution in [0.3, 0.4) is 0 Å². The zero-order valence-corrected chi connectivity index (χ0v) is 10.9. The quantitative estimate of drug-likeness (QED) is 0.792. The molecule has 3 N–H and O–H groups in total. The van der Waals surface area contributed by atoms with Crippen LogP contribution in [0.25, 0.3) is 0 Å². The molecule has 7 heteroatoms. The lowest BCUT2D eigenvalue weighted by Gasteiger charge is -2.17. The highest BCUT2D eigenvalue weighted by molar-refractivity contribution is 6.32. The third-order valence-electron chi connectivity index (χ3n) is 3.24. The van der Waals surface area contributed by atoms with E-state index in [0.717, 1.165) is 0 Å². The molecule has 0 radical (unpaired) electrons. The minimum atomic E-state index is -0.939. The van der Waals surface area contributed by atoms with Crippen molar-refractivity contribution in [3.8, 4) is 11.5 Å². The number of methoxy groups -OCH3 is 1. The molecule has 0 aliphatic carbocycles. The number of benzene rings is 1. The van der Waals surface area contributed by atoms with E-state index in [1.165, 1.54) is 13.2 Å². The predicted octanol–water partition coefficient (Wildman–Crippen LogP) is 1.93. The molecule has 0 aromatic heterocycles. The number of hydrogen-bond donors (Lipinski definition) is 3. The van der Waals surface area contributed by atoms with E-state index < -0.39 is 23.5 Å². The van der Waals surface area contributed by atoms with Gasteiger partial charge in [0, 0.05) is 18.2 Å². The van der Waals surface area contributed by atoms with E-state index in [0.29, 0.717) is 18.5 Å². The molecule has 104 valence electrons. The molecule has 0 saturated carbocycles. The Morgan fingerprint density at radius 3 is 2.84 bits per heavy atom. The third kappa shape index (κ3) is 2.46. The number of phenolic OH excluding ortho intramolecular Hbond substituents is 1. The molecule has 1 aliphatic rings. The van der Waals surface area contributed by atoms with E-state index in [-0.39, 0.29) is 16.8 Å². The second-order valence-corrected chi connectivity index (χ2v) is 4.78. The fourth-order valence-corrected chi connectivity index (χ4v) is 2.44. The Labute approximate surface area is 113 Å². The molecular weight excluding hydrogens is 277 g/mol. The Bertz CT molecular complexity index is 523. The number of nitrogens with one attached hydrogen (secondary N) is 1. The summed E-state index contributed by atoms with van der Waals surface area (Å²) in [6.07, 6.45) is 0.312. The first kappa shape index (κ1) is 13.9. The second kappa shape index (κ2) is 5.22. The van der Waals surface area contributed by atoms with Crippen LogP contribution in [-0.2, 0) is 4.79 Å². The summed E-state index contributed by atoms with van der Waals surface area (Å²) < 4.78 is 18.8. The maximum Gasteiger partial charge on any atom is 0.307 e. The van der Waals surface area contributed by atoms with Gasteiger partial charge in [0.15, 0.2) is 11.5 Å². The maximum absolute atomic E-state index is 13.8. The van der Waals surface area contributed by atoms with Gasteiger partial charge in [-0.25, -0.2) is 0 Å². The van der Waals surface area contributed by atoms with E-state index in [4.69, 9.17) is 21.4 Å². The van der Waals surface area contributed by atoms with Gasteiger partial charge in [0.1, 0.15) is 0 Å². The van der Waals surface area contributed by atoms with E-state index in [1.54, 1.807) is 0 Å². The van der Waals surface area contributed by atoms with Crippen molar-refractivity contribution in [1.82, 2.24) is 5.32 Å². The summed E-state index contributed by atoms with van der Waals surface area (Å²) in [5.41, 5.74) is 0.409. The summed E-state index contributed by atoms with van der Waals surface area (Å²) in [5.74, 6) is -3.17. The third-order valence-corrected chi connectivity index (χ3v) is 3.53.